The van der Waals surface area contributed by atoms with E-state index in [4.69, 9.17) is 11.6 Å². The minimum Gasteiger partial charge on any atom is -0.354 e. The van der Waals surface area contributed by atoms with Crippen molar-refractivity contribution in [2.75, 3.05) is 23.3 Å². The molecule has 1 heterocycles. The first-order valence-corrected chi connectivity index (χ1v) is 7.23. The lowest BCUT2D eigenvalue weighted by Crippen LogP contribution is -2.19. The maximum absolute atomic E-state index is 6.26. The summed E-state index contributed by atoms with van der Waals surface area (Å²) in [6.45, 7) is 5.81. The quantitative estimate of drug-likeness (QED) is 0.869. The zero-order chi connectivity index (χ0) is 14.4. The summed E-state index contributed by atoms with van der Waals surface area (Å²) < 4.78 is 0. The van der Waals surface area contributed by atoms with Crippen molar-refractivity contribution in [3.8, 4) is 0 Å². The predicted octanol–water partition coefficient (Wildman–Crippen LogP) is 4.11. The zero-order valence-electron chi connectivity index (χ0n) is 11.8. The van der Waals surface area contributed by atoms with E-state index in [9.17, 15) is 0 Å². The van der Waals surface area contributed by atoms with Gasteiger partial charge in [-0.2, -0.15) is 4.98 Å². The standard InChI is InChI=1S/C15H19ClN4/c1-3-10-17-15-18-11-13(16)14(19-15)20(4-2)12-8-6-5-7-9-12/h5-9,11H,3-4,10H2,1-2H3,(H,17,18,19). The monoisotopic (exact) mass is 290 g/mol. The second-order valence-electron chi connectivity index (χ2n) is 4.37. The summed E-state index contributed by atoms with van der Waals surface area (Å²) in [4.78, 5) is 10.8. The number of rotatable bonds is 6. The van der Waals surface area contributed by atoms with Gasteiger partial charge in [-0.1, -0.05) is 36.7 Å². The molecule has 5 heteroatoms. The Bertz CT molecular complexity index is 545. The third kappa shape index (κ3) is 3.39. The maximum Gasteiger partial charge on any atom is 0.224 e. The molecule has 0 aliphatic heterocycles. The van der Waals surface area contributed by atoms with Crippen molar-refractivity contribution >= 4 is 29.1 Å². The molecule has 0 atom stereocenters. The van der Waals surface area contributed by atoms with Crippen LogP contribution < -0.4 is 10.2 Å². The number of halogens is 1. The molecule has 1 N–H and O–H groups in total. The number of anilines is 3. The van der Waals surface area contributed by atoms with Crippen LogP contribution in [0.3, 0.4) is 0 Å². The number of nitrogens with zero attached hydrogens (tertiary/aromatic N) is 3. The van der Waals surface area contributed by atoms with Crippen LogP contribution >= 0.6 is 11.6 Å². The molecule has 0 fully saturated rings. The third-order valence-corrected chi connectivity index (χ3v) is 3.17. The molecule has 1 aromatic heterocycles. The molecular formula is C15H19ClN4. The number of hydrogen-bond donors (Lipinski definition) is 1. The summed E-state index contributed by atoms with van der Waals surface area (Å²) in [6.07, 6.45) is 2.67. The van der Waals surface area contributed by atoms with Gasteiger partial charge in [0.25, 0.3) is 0 Å². The Balaban J connectivity index is 2.33. The van der Waals surface area contributed by atoms with E-state index in [1.807, 2.05) is 30.3 Å². The molecule has 1 aromatic carbocycles. The second kappa shape index (κ2) is 7.10. The van der Waals surface area contributed by atoms with Crippen LogP contribution in [0.25, 0.3) is 0 Å². The molecule has 2 rings (SSSR count). The smallest absolute Gasteiger partial charge is 0.224 e. The SMILES string of the molecule is CCCNc1ncc(Cl)c(N(CC)c2ccccc2)n1. The van der Waals surface area contributed by atoms with Crippen LogP contribution in [0.4, 0.5) is 17.5 Å². The molecule has 0 bridgehead atoms. The molecule has 0 amide bonds. The van der Waals surface area contributed by atoms with E-state index in [1.54, 1.807) is 6.20 Å². The van der Waals surface area contributed by atoms with Gasteiger partial charge in [0, 0.05) is 18.8 Å². The molecule has 4 nitrogen and oxygen atoms in total. The Kier molecular flexibility index (Phi) is 5.18. The first-order valence-electron chi connectivity index (χ1n) is 6.85. The molecule has 106 valence electrons. The number of hydrogen-bond acceptors (Lipinski definition) is 4. The molecule has 0 saturated heterocycles. The maximum atomic E-state index is 6.26. The fourth-order valence-electron chi connectivity index (χ4n) is 1.93. The van der Waals surface area contributed by atoms with Crippen molar-refractivity contribution in [2.24, 2.45) is 0 Å². The van der Waals surface area contributed by atoms with Gasteiger partial charge in [0.1, 0.15) is 5.02 Å². The van der Waals surface area contributed by atoms with Gasteiger partial charge < -0.3 is 10.2 Å². The lowest BCUT2D eigenvalue weighted by Gasteiger charge is -2.23. The van der Waals surface area contributed by atoms with Crippen molar-refractivity contribution in [3.63, 3.8) is 0 Å². The van der Waals surface area contributed by atoms with Crippen LogP contribution in [0, 0.1) is 0 Å². The van der Waals surface area contributed by atoms with Gasteiger partial charge in [0.05, 0.1) is 6.20 Å². The van der Waals surface area contributed by atoms with E-state index in [0.717, 1.165) is 31.0 Å². The zero-order valence-corrected chi connectivity index (χ0v) is 12.6. The van der Waals surface area contributed by atoms with E-state index in [0.29, 0.717) is 11.0 Å². The predicted molar refractivity (Wildman–Crippen MR) is 84.9 cm³/mol. The first-order chi connectivity index (χ1) is 9.76. The Morgan fingerprint density at radius 2 is 1.95 bits per heavy atom. The van der Waals surface area contributed by atoms with Gasteiger partial charge in [0.2, 0.25) is 5.95 Å². The molecule has 0 aliphatic rings. The molecule has 0 saturated carbocycles. The molecule has 0 unspecified atom stereocenters. The second-order valence-corrected chi connectivity index (χ2v) is 4.78. The average Bonchev–Trinajstić information content (AvgIpc) is 2.49. The molecule has 20 heavy (non-hydrogen) atoms. The molecule has 0 aliphatic carbocycles. The van der Waals surface area contributed by atoms with Crippen LogP contribution in [-0.4, -0.2) is 23.1 Å². The summed E-state index contributed by atoms with van der Waals surface area (Å²) in [5.41, 5.74) is 1.07. The van der Waals surface area contributed by atoms with E-state index in [1.165, 1.54) is 0 Å². The molecule has 2 aromatic rings. The van der Waals surface area contributed by atoms with Crippen molar-refractivity contribution in [3.05, 3.63) is 41.6 Å². The highest BCUT2D eigenvalue weighted by Gasteiger charge is 2.14. The first kappa shape index (κ1) is 14.6. The highest BCUT2D eigenvalue weighted by Crippen LogP contribution is 2.29. The Hall–Kier alpha value is -1.81. The van der Waals surface area contributed by atoms with Crippen LogP contribution in [0.5, 0.6) is 0 Å². The van der Waals surface area contributed by atoms with Crippen molar-refractivity contribution < 1.29 is 0 Å². The molecular weight excluding hydrogens is 272 g/mol. The third-order valence-electron chi connectivity index (χ3n) is 2.90. The Morgan fingerprint density at radius 1 is 1.20 bits per heavy atom. The number of aromatic nitrogens is 2. The van der Waals surface area contributed by atoms with Crippen LogP contribution in [0.2, 0.25) is 5.02 Å². The highest BCUT2D eigenvalue weighted by atomic mass is 35.5. The Morgan fingerprint density at radius 3 is 2.60 bits per heavy atom. The lowest BCUT2D eigenvalue weighted by molar-refractivity contribution is 0.935. The number of nitrogens with one attached hydrogen (secondary N) is 1. The van der Waals surface area contributed by atoms with Gasteiger partial charge in [-0.05, 0) is 25.5 Å². The van der Waals surface area contributed by atoms with Gasteiger partial charge in [-0.15, -0.1) is 0 Å². The molecule has 0 radical (unpaired) electrons. The van der Waals surface area contributed by atoms with E-state index in [-0.39, 0.29) is 0 Å². The van der Waals surface area contributed by atoms with Crippen molar-refractivity contribution in [1.29, 1.82) is 0 Å². The largest absolute Gasteiger partial charge is 0.354 e. The Labute approximate surface area is 124 Å². The van der Waals surface area contributed by atoms with Crippen LogP contribution in [0.1, 0.15) is 20.3 Å². The minimum atomic E-state index is 0.553. The molecule has 0 spiro atoms. The topological polar surface area (TPSA) is 41.1 Å². The van der Waals surface area contributed by atoms with Crippen LogP contribution in [-0.2, 0) is 0 Å². The summed E-state index contributed by atoms with van der Waals surface area (Å²) in [5.74, 6) is 1.34. The van der Waals surface area contributed by atoms with E-state index < -0.39 is 0 Å². The van der Waals surface area contributed by atoms with Crippen molar-refractivity contribution in [2.45, 2.75) is 20.3 Å². The number of benzene rings is 1. The average molecular weight is 291 g/mol. The lowest BCUT2D eigenvalue weighted by atomic mass is 10.3. The van der Waals surface area contributed by atoms with Crippen molar-refractivity contribution in [1.82, 2.24) is 9.97 Å². The van der Waals surface area contributed by atoms with E-state index in [2.05, 4.69) is 34.0 Å². The van der Waals surface area contributed by atoms with Gasteiger partial charge in [-0.3, -0.25) is 0 Å². The summed E-state index contributed by atoms with van der Waals surface area (Å²) in [5, 5.41) is 3.74. The summed E-state index contributed by atoms with van der Waals surface area (Å²) >= 11 is 6.26. The summed E-state index contributed by atoms with van der Waals surface area (Å²) in [7, 11) is 0. The fraction of sp³-hybridized carbons (Fsp3) is 0.333. The van der Waals surface area contributed by atoms with Gasteiger partial charge in [0.15, 0.2) is 5.82 Å². The fourth-order valence-corrected chi connectivity index (χ4v) is 2.13. The highest BCUT2D eigenvalue weighted by molar-refractivity contribution is 6.33. The number of para-hydroxylation sites is 1. The van der Waals surface area contributed by atoms with E-state index >= 15 is 0 Å². The summed E-state index contributed by atoms with van der Waals surface area (Å²) in [6, 6.07) is 10.1. The minimum absolute atomic E-state index is 0.553. The normalized spacial score (nSPS) is 10.3. The van der Waals surface area contributed by atoms with Gasteiger partial charge in [-0.25, -0.2) is 4.98 Å². The van der Waals surface area contributed by atoms with Gasteiger partial charge >= 0.3 is 0 Å². The van der Waals surface area contributed by atoms with Crippen LogP contribution in [0.15, 0.2) is 36.5 Å².